The third kappa shape index (κ3) is 15.9. The third-order valence-electron chi connectivity index (χ3n) is 3.63. The standard InChI is InChI=1S/C17H36OSi/c1-3-4-5-6-7-8-9-10-11-12-13-14-15-17(2)16-18-19/h13-14,17H,3-12,15-16H2,1-2,19H3. The lowest BCUT2D eigenvalue weighted by atomic mass is 10.1. The topological polar surface area (TPSA) is 9.23 Å². The first kappa shape index (κ1) is 18.9. The molecule has 0 bridgehead atoms. The van der Waals surface area contributed by atoms with Crippen molar-refractivity contribution < 1.29 is 4.43 Å². The van der Waals surface area contributed by atoms with Gasteiger partial charge in [-0.1, -0.05) is 77.4 Å². The van der Waals surface area contributed by atoms with Crippen molar-refractivity contribution in [1.82, 2.24) is 0 Å². The number of unbranched alkanes of at least 4 members (excludes halogenated alkanes) is 9. The van der Waals surface area contributed by atoms with Gasteiger partial charge in [-0.05, 0) is 25.2 Å². The Morgan fingerprint density at radius 1 is 0.895 bits per heavy atom. The molecule has 19 heavy (non-hydrogen) atoms. The maximum absolute atomic E-state index is 5.27. The van der Waals surface area contributed by atoms with E-state index >= 15 is 0 Å². The average Bonchev–Trinajstić information content (AvgIpc) is 2.40. The van der Waals surface area contributed by atoms with Gasteiger partial charge in [-0.2, -0.15) is 0 Å². The largest absolute Gasteiger partial charge is 0.428 e. The Morgan fingerprint density at radius 3 is 2.05 bits per heavy atom. The molecule has 2 heteroatoms. The van der Waals surface area contributed by atoms with E-state index < -0.39 is 0 Å². The van der Waals surface area contributed by atoms with Gasteiger partial charge in [0, 0.05) is 6.61 Å². The van der Waals surface area contributed by atoms with E-state index in [1.165, 1.54) is 70.6 Å². The molecule has 1 atom stereocenters. The van der Waals surface area contributed by atoms with Crippen LogP contribution in [0.25, 0.3) is 0 Å². The number of hydrogen-bond acceptors (Lipinski definition) is 1. The summed E-state index contributed by atoms with van der Waals surface area (Å²) in [5.74, 6) is 0.692. The molecule has 114 valence electrons. The molecule has 0 rings (SSSR count). The lowest BCUT2D eigenvalue weighted by Crippen LogP contribution is -2.02. The van der Waals surface area contributed by atoms with Gasteiger partial charge in [-0.15, -0.1) is 0 Å². The monoisotopic (exact) mass is 284 g/mol. The van der Waals surface area contributed by atoms with Crippen molar-refractivity contribution in [3.63, 3.8) is 0 Å². The molecule has 0 heterocycles. The second kappa shape index (κ2) is 16.0. The van der Waals surface area contributed by atoms with Gasteiger partial charge in [0.15, 0.2) is 0 Å². The van der Waals surface area contributed by atoms with Crippen molar-refractivity contribution in [2.45, 2.75) is 84.5 Å². The Balaban J connectivity index is 3.11. The maximum atomic E-state index is 5.27. The minimum Gasteiger partial charge on any atom is -0.428 e. The molecule has 0 aromatic rings. The van der Waals surface area contributed by atoms with E-state index in [4.69, 9.17) is 4.43 Å². The second-order valence-corrected chi connectivity index (χ2v) is 6.46. The van der Waals surface area contributed by atoms with Crippen molar-refractivity contribution in [1.29, 1.82) is 0 Å². The Kier molecular flexibility index (Phi) is 15.9. The molecule has 0 spiro atoms. The van der Waals surface area contributed by atoms with Gasteiger partial charge in [0.05, 0.1) is 0 Å². The Bertz CT molecular complexity index is 192. The molecule has 0 saturated heterocycles. The van der Waals surface area contributed by atoms with Crippen molar-refractivity contribution >= 4 is 10.5 Å². The van der Waals surface area contributed by atoms with Crippen LogP contribution < -0.4 is 0 Å². The molecule has 0 amide bonds. The van der Waals surface area contributed by atoms with Crippen LogP contribution in [0.1, 0.15) is 84.5 Å². The first-order chi connectivity index (χ1) is 9.31. The summed E-state index contributed by atoms with van der Waals surface area (Å²) in [6.07, 6.45) is 20.0. The number of hydrogen-bond donors (Lipinski definition) is 0. The molecule has 0 aromatic heterocycles. The molecule has 0 fully saturated rings. The highest BCUT2D eigenvalue weighted by molar-refractivity contribution is 5.97. The summed E-state index contributed by atoms with van der Waals surface area (Å²) in [6.45, 7) is 5.49. The SMILES string of the molecule is CCCCCCCCCCCC=CCC(C)CO[SiH3]. The molecule has 0 aliphatic carbocycles. The molecular formula is C17H36OSi. The molecule has 0 aliphatic rings. The molecule has 1 unspecified atom stereocenters. The average molecular weight is 285 g/mol. The van der Waals surface area contributed by atoms with Crippen LogP contribution in [-0.2, 0) is 4.43 Å². The Labute approximate surface area is 124 Å². The zero-order chi connectivity index (χ0) is 14.2. The fraction of sp³-hybridized carbons (Fsp3) is 0.882. The molecule has 0 aliphatic heterocycles. The zero-order valence-electron chi connectivity index (χ0n) is 13.6. The molecule has 0 radical (unpaired) electrons. The fourth-order valence-corrected chi connectivity index (χ4v) is 2.94. The number of allylic oxidation sites excluding steroid dienone is 2. The minimum absolute atomic E-state index is 0.692. The second-order valence-electron chi connectivity index (χ2n) is 5.88. The van der Waals surface area contributed by atoms with Crippen LogP contribution in [0, 0.1) is 5.92 Å². The van der Waals surface area contributed by atoms with E-state index in [9.17, 15) is 0 Å². The van der Waals surface area contributed by atoms with Gasteiger partial charge < -0.3 is 4.43 Å². The quantitative estimate of drug-likeness (QED) is 0.253. The fourth-order valence-electron chi connectivity index (χ4n) is 2.37. The van der Waals surface area contributed by atoms with E-state index in [1.54, 1.807) is 0 Å². The maximum Gasteiger partial charge on any atom is 0.145 e. The molecular weight excluding hydrogens is 248 g/mol. The highest BCUT2D eigenvalue weighted by Gasteiger charge is 1.96. The zero-order valence-corrected chi connectivity index (χ0v) is 15.6. The van der Waals surface area contributed by atoms with E-state index in [0.717, 1.165) is 17.1 Å². The van der Waals surface area contributed by atoms with E-state index in [2.05, 4.69) is 26.0 Å². The summed E-state index contributed by atoms with van der Waals surface area (Å²) in [5, 5.41) is 0. The lowest BCUT2D eigenvalue weighted by Gasteiger charge is -2.06. The van der Waals surface area contributed by atoms with Crippen molar-refractivity contribution in [2.24, 2.45) is 5.92 Å². The van der Waals surface area contributed by atoms with Crippen LogP contribution >= 0.6 is 0 Å². The summed E-state index contributed by atoms with van der Waals surface area (Å²) in [7, 11) is 0.874. The van der Waals surface area contributed by atoms with Gasteiger partial charge in [-0.25, -0.2) is 0 Å². The molecule has 0 saturated carbocycles. The van der Waals surface area contributed by atoms with Crippen LogP contribution in [0.15, 0.2) is 12.2 Å². The van der Waals surface area contributed by atoms with Gasteiger partial charge >= 0.3 is 0 Å². The molecule has 0 aromatic carbocycles. The van der Waals surface area contributed by atoms with E-state index in [-0.39, 0.29) is 0 Å². The van der Waals surface area contributed by atoms with Gasteiger partial charge in [-0.3, -0.25) is 0 Å². The van der Waals surface area contributed by atoms with Crippen LogP contribution in [0.2, 0.25) is 0 Å². The molecule has 0 N–H and O–H groups in total. The highest BCUT2D eigenvalue weighted by atomic mass is 28.2. The number of rotatable bonds is 14. The summed E-state index contributed by atoms with van der Waals surface area (Å²) >= 11 is 0. The van der Waals surface area contributed by atoms with Gasteiger partial charge in [0.25, 0.3) is 0 Å². The summed E-state index contributed by atoms with van der Waals surface area (Å²) < 4.78 is 5.27. The predicted octanol–water partition coefficient (Wildman–Crippen LogP) is 4.79. The van der Waals surface area contributed by atoms with Crippen LogP contribution in [0.4, 0.5) is 0 Å². The van der Waals surface area contributed by atoms with Crippen LogP contribution in [0.3, 0.4) is 0 Å². The third-order valence-corrected chi connectivity index (χ3v) is 3.96. The Hall–Kier alpha value is -0.0831. The van der Waals surface area contributed by atoms with E-state index in [1.807, 2.05) is 0 Å². The summed E-state index contributed by atoms with van der Waals surface area (Å²) in [5.41, 5.74) is 0. The van der Waals surface area contributed by atoms with Gasteiger partial charge in [0.2, 0.25) is 0 Å². The first-order valence-electron chi connectivity index (χ1n) is 8.45. The van der Waals surface area contributed by atoms with Crippen molar-refractivity contribution in [3.8, 4) is 0 Å². The normalized spacial score (nSPS) is 13.4. The predicted molar refractivity (Wildman–Crippen MR) is 90.7 cm³/mol. The summed E-state index contributed by atoms with van der Waals surface area (Å²) in [6, 6.07) is 0. The van der Waals surface area contributed by atoms with E-state index in [0.29, 0.717) is 5.92 Å². The Morgan fingerprint density at radius 2 is 1.47 bits per heavy atom. The smallest absolute Gasteiger partial charge is 0.145 e. The van der Waals surface area contributed by atoms with Crippen molar-refractivity contribution in [2.75, 3.05) is 6.61 Å². The lowest BCUT2D eigenvalue weighted by molar-refractivity contribution is 0.284. The highest BCUT2D eigenvalue weighted by Crippen LogP contribution is 2.11. The minimum atomic E-state index is 0.692. The van der Waals surface area contributed by atoms with Gasteiger partial charge in [0.1, 0.15) is 10.5 Å². The first-order valence-corrected chi connectivity index (χ1v) is 9.26. The van der Waals surface area contributed by atoms with Crippen molar-refractivity contribution in [3.05, 3.63) is 12.2 Å². The van der Waals surface area contributed by atoms with Crippen LogP contribution in [-0.4, -0.2) is 17.1 Å². The summed E-state index contributed by atoms with van der Waals surface area (Å²) in [4.78, 5) is 0. The molecule has 1 nitrogen and oxygen atoms in total. The van der Waals surface area contributed by atoms with Crippen LogP contribution in [0.5, 0.6) is 0 Å².